The van der Waals surface area contributed by atoms with Crippen LogP contribution in [0.15, 0.2) is 77.6 Å². The Balaban J connectivity index is 1.67. The molecule has 1 atom stereocenters. The average molecular weight is 348 g/mol. The minimum atomic E-state index is -0.185. The van der Waals surface area contributed by atoms with Gasteiger partial charge in [0, 0.05) is 16.8 Å². The number of furan rings is 1. The van der Waals surface area contributed by atoms with E-state index in [0.29, 0.717) is 11.3 Å². The maximum absolute atomic E-state index is 12.3. The highest BCUT2D eigenvalue weighted by Gasteiger charge is 2.16. The molecule has 0 bridgehead atoms. The SMILES string of the molecule is CC(=O)c1cccc(NC(=O)CN[C@H](c2ccccc2)c2ccoc2)c1. The van der Waals surface area contributed by atoms with Gasteiger partial charge in [-0.15, -0.1) is 0 Å². The zero-order valence-corrected chi connectivity index (χ0v) is 14.4. The highest BCUT2D eigenvalue weighted by Crippen LogP contribution is 2.22. The number of carbonyl (C=O) groups is 2. The number of Topliss-reactive ketones (excluding diaryl/α,β-unsaturated/α-hetero) is 1. The lowest BCUT2D eigenvalue weighted by Crippen LogP contribution is -2.31. The summed E-state index contributed by atoms with van der Waals surface area (Å²) in [6.07, 6.45) is 3.28. The van der Waals surface area contributed by atoms with Crippen molar-refractivity contribution < 1.29 is 14.0 Å². The van der Waals surface area contributed by atoms with Crippen LogP contribution in [-0.4, -0.2) is 18.2 Å². The number of anilines is 1. The van der Waals surface area contributed by atoms with Crippen molar-refractivity contribution in [2.45, 2.75) is 13.0 Å². The maximum atomic E-state index is 12.3. The van der Waals surface area contributed by atoms with E-state index in [1.807, 2.05) is 36.4 Å². The Hall–Kier alpha value is -3.18. The molecule has 0 saturated heterocycles. The number of hydrogen-bond donors (Lipinski definition) is 2. The van der Waals surface area contributed by atoms with E-state index in [1.165, 1.54) is 6.92 Å². The smallest absolute Gasteiger partial charge is 0.238 e. The van der Waals surface area contributed by atoms with Gasteiger partial charge in [-0.05, 0) is 30.7 Å². The fourth-order valence-electron chi connectivity index (χ4n) is 2.73. The molecule has 2 N–H and O–H groups in total. The average Bonchev–Trinajstić information content (AvgIpc) is 3.17. The van der Waals surface area contributed by atoms with Crippen molar-refractivity contribution in [2.75, 3.05) is 11.9 Å². The van der Waals surface area contributed by atoms with Crippen molar-refractivity contribution in [2.24, 2.45) is 0 Å². The van der Waals surface area contributed by atoms with Crippen molar-refractivity contribution in [3.8, 4) is 0 Å². The lowest BCUT2D eigenvalue weighted by atomic mass is 10.0. The number of benzene rings is 2. The predicted octanol–water partition coefficient (Wildman–Crippen LogP) is 3.80. The molecule has 0 aliphatic carbocycles. The van der Waals surface area contributed by atoms with Crippen LogP contribution in [0.4, 0.5) is 5.69 Å². The van der Waals surface area contributed by atoms with Gasteiger partial charge >= 0.3 is 0 Å². The lowest BCUT2D eigenvalue weighted by molar-refractivity contribution is -0.115. The van der Waals surface area contributed by atoms with Crippen LogP contribution in [0, 0.1) is 0 Å². The van der Waals surface area contributed by atoms with Crippen LogP contribution in [0.5, 0.6) is 0 Å². The van der Waals surface area contributed by atoms with E-state index in [-0.39, 0.29) is 24.3 Å². The van der Waals surface area contributed by atoms with E-state index in [4.69, 9.17) is 4.42 Å². The van der Waals surface area contributed by atoms with Gasteiger partial charge in [0.15, 0.2) is 5.78 Å². The summed E-state index contributed by atoms with van der Waals surface area (Å²) in [5.74, 6) is -0.224. The second-order valence-electron chi connectivity index (χ2n) is 5.97. The second kappa shape index (κ2) is 8.27. The van der Waals surface area contributed by atoms with Crippen LogP contribution < -0.4 is 10.6 Å². The minimum absolute atomic E-state index is 0.0386. The molecule has 0 fully saturated rings. The van der Waals surface area contributed by atoms with Gasteiger partial charge in [-0.3, -0.25) is 14.9 Å². The highest BCUT2D eigenvalue weighted by molar-refractivity contribution is 5.97. The second-order valence-corrected chi connectivity index (χ2v) is 5.97. The molecule has 0 spiro atoms. The van der Waals surface area contributed by atoms with Crippen molar-refractivity contribution in [3.63, 3.8) is 0 Å². The Bertz CT molecular complexity index is 873. The molecule has 0 aliphatic heterocycles. The van der Waals surface area contributed by atoms with E-state index in [0.717, 1.165) is 11.1 Å². The lowest BCUT2D eigenvalue weighted by Gasteiger charge is -2.18. The summed E-state index contributed by atoms with van der Waals surface area (Å²) in [4.78, 5) is 23.8. The van der Waals surface area contributed by atoms with Crippen LogP contribution in [0.1, 0.15) is 34.5 Å². The predicted molar refractivity (Wildman–Crippen MR) is 100 cm³/mol. The molecule has 3 aromatic rings. The van der Waals surface area contributed by atoms with Crippen molar-refractivity contribution in [1.29, 1.82) is 0 Å². The first-order chi connectivity index (χ1) is 12.6. The van der Waals surface area contributed by atoms with Crippen molar-refractivity contribution in [1.82, 2.24) is 5.32 Å². The molecule has 5 nitrogen and oxygen atoms in total. The van der Waals surface area contributed by atoms with Crippen LogP contribution in [-0.2, 0) is 4.79 Å². The molecule has 0 aliphatic rings. The van der Waals surface area contributed by atoms with E-state index >= 15 is 0 Å². The number of ketones is 1. The number of amides is 1. The summed E-state index contributed by atoms with van der Waals surface area (Å²) < 4.78 is 5.18. The summed E-state index contributed by atoms with van der Waals surface area (Å²) in [5.41, 5.74) is 3.16. The Morgan fingerprint density at radius 3 is 2.50 bits per heavy atom. The largest absolute Gasteiger partial charge is 0.472 e. The Kier molecular flexibility index (Phi) is 5.61. The topological polar surface area (TPSA) is 71.3 Å². The Morgan fingerprint density at radius 2 is 1.81 bits per heavy atom. The van der Waals surface area contributed by atoms with Crippen molar-refractivity contribution in [3.05, 3.63) is 89.9 Å². The van der Waals surface area contributed by atoms with Crippen LogP contribution in [0.25, 0.3) is 0 Å². The number of rotatable bonds is 7. The quantitative estimate of drug-likeness (QED) is 0.637. The minimum Gasteiger partial charge on any atom is -0.472 e. The highest BCUT2D eigenvalue weighted by atomic mass is 16.3. The standard InChI is InChI=1S/C21H20N2O3/c1-15(24)17-8-5-9-19(12-17)23-20(25)13-22-21(18-10-11-26-14-18)16-6-3-2-4-7-16/h2-12,14,21-22H,13H2,1H3,(H,23,25)/t21-/m1/s1. The number of carbonyl (C=O) groups excluding carboxylic acids is 2. The molecule has 2 aromatic carbocycles. The normalized spacial score (nSPS) is 11.7. The molecule has 0 unspecified atom stereocenters. The zero-order valence-electron chi connectivity index (χ0n) is 14.4. The van der Waals surface area contributed by atoms with Crippen molar-refractivity contribution >= 4 is 17.4 Å². The van der Waals surface area contributed by atoms with Gasteiger partial charge in [0.1, 0.15) is 0 Å². The van der Waals surface area contributed by atoms with Gasteiger partial charge in [-0.25, -0.2) is 0 Å². The molecule has 1 aromatic heterocycles. The summed E-state index contributed by atoms with van der Waals surface area (Å²) in [5, 5.41) is 6.07. The fraction of sp³-hybridized carbons (Fsp3) is 0.143. The third kappa shape index (κ3) is 4.46. The van der Waals surface area contributed by atoms with E-state index in [2.05, 4.69) is 10.6 Å². The zero-order chi connectivity index (χ0) is 18.4. The summed E-state index contributed by atoms with van der Waals surface area (Å²) in [6, 6.07) is 18.5. The molecule has 0 saturated carbocycles. The number of nitrogens with one attached hydrogen (secondary N) is 2. The van der Waals surface area contributed by atoms with E-state index in [1.54, 1.807) is 36.8 Å². The summed E-state index contributed by atoms with van der Waals surface area (Å²) in [6.45, 7) is 1.62. The molecule has 3 rings (SSSR count). The molecular formula is C21H20N2O3. The van der Waals surface area contributed by atoms with Gasteiger partial charge in [0.2, 0.25) is 5.91 Å². The summed E-state index contributed by atoms with van der Waals surface area (Å²) in [7, 11) is 0. The first-order valence-corrected chi connectivity index (χ1v) is 8.35. The van der Waals surface area contributed by atoms with E-state index < -0.39 is 0 Å². The van der Waals surface area contributed by atoms with Gasteiger partial charge in [0.05, 0.1) is 25.1 Å². The van der Waals surface area contributed by atoms with Gasteiger partial charge in [0.25, 0.3) is 0 Å². The fourth-order valence-corrected chi connectivity index (χ4v) is 2.73. The van der Waals surface area contributed by atoms with Crippen LogP contribution >= 0.6 is 0 Å². The monoisotopic (exact) mass is 348 g/mol. The molecule has 26 heavy (non-hydrogen) atoms. The molecule has 0 radical (unpaired) electrons. The maximum Gasteiger partial charge on any atom is 0.238 e. The van der Waals surface area contributed by atoms with Crippen LogP contribution in [0.3, 0.4) is 0 Å². The third-order valence-corrected chi connectivity index (χ3v) is 4.03. The van der Waals surface area contributed by atoms with Gasteiger partial charge in [-0.1, -0.05) is 42.5 Å². The third-order valence-electron chi connectivity index (χ3n) is 4.03. The molecule has 1 heterocycles. The summed E-state index contributed by atoms with van der Waals surface area (Å²) >= 11 is 0. The van der Waals surface area contributed by atoms with Gasteiger partial charge in [-0.2, -0.15) is 0 Å². The molecular weight excluding hydrogens is 328 g/mol. The molecule has 132 valence electrons. The van der Waals surface area contributed by atoms with Crippen LogP contribution in [0.2, 0.25) is 0 Å². The van der Waals surface area contributed by atoms with E-state index in [9.17, 15) is 9.59 Å². The van der Waals surface area contributed by atoms with Gasteiger partial charge < -0.3 is 9.73 Å². The first-order valence-electron chi connectivity index (χ1n) is 8.35. The molecule has 1 amide bonds. The Morgan fingerprint density at radius 1 is 1.00 bits per heavy atom. The first kappa shape index (κ1) is 17.6. The molecule has 5 heteroatoms. The Labute approximate surface area is 152 Å². The number of hydrogen-bond acceptors (Lipinski definition) is 4.